The molecule has 0 amide bonds. The summed E-state index contributed by atoms with van der Waals surface area (Å²) in [5.74, 6) is 0.348. The molecule has 1 aliphatic rings. The van der Waals surface area contributed by atoms with Crippen LogP contribution in [-0.4, -0.2) is 35.7 Å². The van der Waals surface area contributed by atoms with Gasteiger partial charge in [-0.3, -0.25) is 0 Å². The first kappa shape index (κ1) is 12.6. The molecule has 94 valence electrons. The van der Waals surface area contributed by atoms with Gasteiger partial charge in [-0.25, -0.2) is 0 Å². The van der Waals surface area contributed by atoms with E-state index in [1.54, 1.807) is 0 Å². The second-order valence-corrected chi connectivity index (χ2v) is 5.38. The van der Waals surface area contributed by atoms with Crippen molar-refractivity contribution in [2.45, 2.75) is 32.8 Å². The molecule has 0 aliphatic carbocycles. The second kappa shape index (κ2) is 5.65. The summed E-state index contributed by atoms with van der Waals surface area (Å²) in [6.07, 6.45) is 2.03. The number of benzene rings is 1. The number of aliphatic hydroxyl groups excluding tert-OH is 1. The van der Waals surface area contributed by atoms with E-state index >= 15 is 0 Å². The van der Waals surface area contributed by atoms with Crippen molar-refractivity contribution in [3.05, 3.63) is 35.4 Å². The molecule has 1 N–H and O–H groups in total. The monoisotopic (exact) mass is 233 g/mol. The minimum atomic E-state index is -0.198. The number of aliphatic hydroxyl groups is 1. The van der Waals surface area contributed by atoms with E-state index in [9.17, 15) is 5.11 Å². The molecule has 0 spiro atoms. The van der Waals surface area contributed by atoms with Crippen LogP contribution in [0.4, 0.5) is 0 Å². The third-order valence-corrected chi connectivity index (χ3v) is 3.73. The van der Waals surface area contributed by atoms with Crippen molar-refractivity contribution in [3.8, 4) is 0 Å². The zero-order chi connectivity index (χ0) is 12.3. The van der Waals surface area contributed by atoms with Gasteiger partial charge in [-0.05, 0) is 29.9 Å². The van der Waals surface area contributed by atoms with Gasteiger partial charge in [0.25, 0.3) is 0 Å². The summed E-state index contributed by atoms with van der Waals surface area (Å²) in [5.41, 5.74) is 2.96. The maximum absolute atomic E-state index is 9.95. The highest BCUT2D eigenvalue weighted by molar-refractivity contribution is 5.28. The number of rotatable bonds is 3. The highest BCUT2D eigenvalue weighted by Crippen LogP contribution is 2.16. The molecular weight excluding hydrogens is 210 g/mol. The van der Waals surface area contributed by atoms with E-state index in [0.29, 0.717) is 5.92 Å². The number of β-amino-alcohol motifs (C(OH)–C–C–N with tert-alkyl or cyclic N) is 1. The van der Waals surface area contributed by atoms with Gasteiger partial charge in [-0.15, -0.1) is 0 Å². The number of nitrogens with zero attached hydrogens (tertiary/aromatic N) is 1. The van der Waals surface area contributed by atoms with E-state index in [-0.39, 0.29) is 6.10 Å². The molecule has 1 heterocycles. The Kier molecular flexibility index (Phi) is 4.19. The Hall–Kier alpha value is -0.860. The molecule has 0 bridgehead atoms. The van der Waals surface area contributed by atoms with Gasteiger partial charge in [-0.2, -0.15) is 0 Å². The third-order valence-electron chi connectivity index (χ3n) is 3.73. The van der Waals surface area contributed by atoms with Crippen LogP contribution >= 0.6 is 0 Å². The number of hydrogen-bond acceptors (Lipinski definition) is 2. The lowest BCUT2D eigenvalue weighted by Crippen LogP contribution is -2.36. The summed E-state index contributed by atoms with van der Waals surface area (Å²) in [5, 5.41) is 9.95. The molecule has 1 aliphatic heterocycles. The third kappa shape index (κ3) is 3.30. The van der Waals surface area contributed by atoms with Crippen LogP contribution in [0.1, 0.15) is 25.0 Å². The molecule has 0 aromatic heterocycles. The number of fused-ring (bicyclic) bond motifs is 1. The normalized spacial score (nSPS) is 18.8. The van der Waals surface area contributed by atoms with Gasteiger partial charge in [-0.1, -0.05) is 38.1 Å². The lowest BCUT2D eigenvalue weighted by atomic mass is 10.0. The average molecular weight is 233 g/mol. The quantitative estimate of drug-likeness (QED) is 0.864. The van der Waals surface area contributed by atoms with Gasteiger partial charge < -0.3 is 10.0 Å². The van der Waals surface area contributed by atoms with Crippen molar-refractivity contribution in [2.75, 3.05) is 19.6 Å². The van der Waals surface area contributed by atoms with Crippen molar-refractivity contribution in [2.24, 2.45) is 5.92 Å². The second-order valence-electron chi connectivity index (χ2n) is 5.38. The molecule has 17 heavy (non-hydrogen) atoms. The summed E-state index contributed by atoms with van der Waals surface area (Å²) < 4.78 is 0. The summed E-state index contributed by atoms with van der Waals surface area (Å²) in [6.45, 7) is 7.11. The molecule has 2 heteroatoms. The molecule has 1 unspecified atom stereocenters. The molecule has 2 rings (SSSR count). The molecule has 0 fully saturated rings. The van der Waals surface area contributed by atoms with Crippen molar-refractivity contribution in [1.29, 1.82) is 0 Å². The van der Waals surface area contributed by atoms with Crippen LogP contribution in [0.15, 0.2) is 24.3 Å². The fourth-order valence-electron chi connectivity index (χ4n) is 2.37. The van der Waals surface area contributed by atoms with E-state index in [1.165, 1.54) is 11.1 Å². The zero-order valence-corrected chi connectivity index (χ0v) is 10.9. The van der Waals surface area contributed by atoms with Crippen LogP contribution in [0.3, 0.4) is 0 Å². The van der Waals surface area contributed by atoms with Crippen LogP contribution < -0.4 is 0 Å². The van der Waals surface area contributed by atoms with Crippen LogP contribution in [-0.2, 0) is 12.8 Å². The minimum Gasteiger partial charge on any atom is -0.392 e. The predicted molar refractivity (Wildman–Crippen MR) is 71.1 cm³/mol. The SMILES string of the molecule is CC(C)C(O)CN1CCc2ccccc2CC1. The van der Waals surface area contributed by atoms with E-state index in [4.69, 9.17) is 0 Å². The zero-order valence-electron chi connectivity index (χ0n) is 10.9. The lowest BCUT2D eigenvalue weighted by Gasteiger charge is -2.25. The Labute approximate surface area is 104 Å². The summed E-state index contributed by atoms with van der Waals surface area (Å²) >= 11 is 0. The van der Waals surface area contributed by atoms with Gasteiger partial charge in [0.2, 0.25) is 0 Å². The van der Waals surface area contributed by atoms with Gasteiger partial charge >= 0.3 is 0 Å². The van der Waals surface area contributed by atoms with Crippen molar-refractivity contribution < 1.29 is 5.11 Å². The fourth-order valence-corrected chi connectivity index (χ4v) is 2.37. The van der Waals surface area contributed by atoms with E-state index in [2.05, 4.69) is 43.0 Å². The van der Waals surface area contributed by atoms with E-state index < -0.39 is 0 Å². The lowest BCUT2D eigenvalue weighted by molar-refractivity contribution is 0.0780. The van der Waals surface area contributed by atoms with Crippen molar-refractivity contribution in [3.63, 3.8) is 0 Å². The van der Waals surface area contributed by atoms with Crippen LogP contribution in [0, 0.1) is 5.92 Å². The topological polar surface area (TPSA) is 23.5 Å². The number of hydrogen-bond donors (Lipinski definition) is 1. The Morgan fingerprint density at radius 2 is 1.65 bits per heavy atom. The van der Waals surface area contributed by atoms with Gasteiger partial charge in [0, 0.05) is 19.6 Å². The smallest absolute Gasteiger partial charge is 0.0689 e. The highest BCUT2D eigenvalue weighted by Gasteiger charge is 2.17. The molecule has 1 aromatic rings. The summed E-state index contributed by atoms with van der Waals surface area (Å²) in [7, 11) is 0. The molecule has 2 nitrogen and oxygen atoms in total. The maximum atomic E-state index is 9.95. The summed E-state index contributed by atoms with van der Waals surface area (Å²) in [4.78, 5) is 2.39. The largest absolute Gasteiger partial charge is 0.392 e. The first-order valence-electron chi connectivity index (χ1n) is 6.64. The maximum Gasteiger partial charge on any atom is 0.0689 e. The standard InChI is InChI=1S/C15H23NO/c1-12(2)15(17)11-16-9-7-13-5-3-4-6-14(13)8-10-16/h3-6,12,15,17H,7-11H2,1-2H3. The molecule has 1 atom stereocenters. The van der Waals surface area contributed by atoms with Gasteiger partial charge in [0.1, 0.15) is 0 Å². The molecule has 0 saturated heterocycles. The van der Waals surface area contributed by atoms with E-state index in [1.807, 2.05) is 0 Å². The Morgan fingerprint density at radius 3 is 2.12 bits per heavy atom. The van der Waals surface area contributed by atoms with Crippen molar-refractivity contribution in [1.82, 2.24) is 4.90 Å². The van der Waals surface area contributed by atoms with Gasteiger partial charge in [0.15, 0.2) is 0 Å². The Morgan fingerprint density at radius 1 is 1.12 bits per heavy atom. The fraction of sp³-hybridized carbons (Fsp3) is 0.600. The van der Waals surface area contributed by atoms with Gasteiger partial charge in [0.05, 0.1) is 6.10 Å². The van der Waals surface area contributed by atoms with Crippen LogP contribution in [0.2, 0.25) is 0 Å². The van der Waals surface area contributed by atoms with Crippen LogP contribution in [0.5, 0.6) is 0 Å². The average Bonchev–Trinajstić information content (AvgIpc) is 2.52. The predicted octanol–water partition coefficient (Wildman–Crippen LogP) is 2.10. The first-order chi connectivity index (χ1) is 8.16. The molecule has 0 saturated carbocycles. The Balaban J connectivity index is 1.95. The van der Waals surface area contributed by atoms with Crippen molar-refractivity contribution >= 4 is 0 Å². The Bertz CT molecular complexity index is 335. The molecule has 1 aromatic carbocycles. The first-order valence-corrected chi connectivity index (χ1v) is 6.64. The van der Waals surface area contributed by atoms with Crippen LogP contribution in [0.25, 0.3) is 0 Å². The molecule has 0 radical (unpaired) electrons. The highest BCUT2D eigenvalue weighted by atomic mass is 16.3. The molecular formula is C15H23NO. The minimum absolute atomic E-state index is 0.198. The summed E-state index contributed by atoms with van der Waals surface area (Å²) in [6, 6.07) is 8.71. The van der Waals surface area contributed by atoms with E-state index in [0.717, 1.165) is 32.5 Å².